The van der Waals surface area contributed by atoms with E-state index in [9.17, 15) is 0 Å². The molecule has 0 fully saturated rings. The van der Waals surface area contributed by atoms with Crippen LogP contribution >= 0.6 is 0 Å². The molecule has 5 rings (SSSR count). The van der Waals surface area contributed by atoms with Crippen molar-refractivity contribution in [3.8, 4) is 0 Å². The molecule has 382 valence electrons. The SMILES string of the molecule is CCCCCCC(CCCC)c1ccc(N(c2ccc(N(CCCC)CCCC)cc2)c2ccc(N(c3ccc(N(CCCC)CCCC)cc3)c3ccc(N(CCCC)CCCC)cc3)cc2)cc1. The van der Waals surface area contributed by atoms with Crippen LogP contribution in [0.3, 0.4) is 0 Å². The lowest BCUT2D eigenvalue weighted by atomic mass is 9.88. The van der Waals surface area contributed by atoms with Gasteiger partial charge in [-0.1, -0.05) is 145 Å². The van der Waals surface area contributed by atoms with Gasteiger partial charge < -0.3 is 24.5 Å². The number of anilines is 9. The Kier molecular flexibility index (Phi) is 25.7. The summed E-state index contributed by atoms with van der Waals surface area (Å²) in [6, 6.07) is 47.2. The van der Waals surface area contributed by atoms with Crippen LogP contribution in [0.1, 0.15) is 195 Å². The molecular formula is C65H97N5. The summed E-state index contributed by atoms with van der Waals surface area (Å²) in [6.45, 7) is 25.1. The van der Waals surface area contributed by atoms with Crippen LogP contribution in [0, 0.1) is 0 Å². The summed E-state index contributed by atoms with van der Waals surface area (Å²) in [6.07, 6.45) is 24.9. The van der Waals surface area contributed by atoms with Gasteiger partial charge in [0, 0.05) is 90.5 Å². The highest BCUT2D eigenvalue weighted by molar-refractivity contribution is 5.82. The van der Waals surface area contributed by atoms with Gasteiger partial charge in [-0.05, 0) is 172 Å². The largest absolute Gasteiger partial charge is 0.372 e. The molecule has 0 heterocycles. The van der Waals surface area contributed by atoms with E-state index in [1.54, 1.807) is 0 Å². The molecule has 5 aromatic rings. The summed E-state index contributed by atoms with van der Waals surface area (Å²) >= 11 is 0. The summed E-state index contributed by atoms with van der Waals surface area (Å²) in [7, 11) is 0. The van der Waals surface area contributed by atoms with E-state index in [1.807, 2.05) is 0 Å². The van der Waals surface area contributed by atoms with Crippen LogP contribution in [0.25, 0.3) is 0 Å². The van der Waals surface area contributed by atoms with Crippen LogP contribution in [-0.4, -0.2) is 39.3 Å². The van der Waals surface area contributed by atoms with Gasteiger partial charge in [-0.2, -0.15) is 0 Å². The zero-order valence-electron chi connectivity index (χ0n) is 45.7. The zero-order valence-corrected chi connectivity index (χ0v) is 45.7. The van der Waals surface area contributed by atoms with Crippen LogP contribution in [0.4, 0.5) is 51.2 Å². The Labute approximate surface area is 429 Å². The first-order chi connectivity index (χ1) is 34.4. The van der Waals surface area contributed by atoms with Gasteiger partial charge in [0.05, 0.1) is 0 Å². The minimum absolute atomic E-state index is 0.621. The number of hydrogen-bond donors (Lipinski definition) is 0. The quantitative estimate of drug-likeness (QED) is 0.0371. The maximum absolute atomic E-state index is 2.59. The average molecular weight is 949 g/mol. The number of unbranched alkanes of at least 4 members (excludes halogenated alkanes) is 10. The Hall–Kier alpha value is -4.90. The summed E-state index contributed by atoms with van der Waals surface area (Å²) in [4.78, 5) is 12.7. The van der Waals surface area contributed by atoms with Crippen LogP contribution in [0.5, 0.6) is 0 Å². The first-order valence-electron chi connectivity index (χ1n) is 28.8. The van der Waals surface area contributed by atoms with Crippen LogP contribution in [0.15, 0.2) is 121 Å². The summed E-state index contributed by atoms with van der Waals surface area (Å²) in [5.41, 5.74) is 12.5. The van der Waals surface area contributed by atoms with Crippen molar-refractivity contribution in [2.24, 2.45) is 0 Å². The molecule has 1 atom stereocenters. The van der Waals surface area contributed by atoms with Crippen LogP contribution in [0.2, 0.25) is 0 Å². The first kappa shape index (κ1) is 56.0. The van der Waals surface area contributed by atoms with Gasteiger partial charge in [0.25, 0.3) is 0 Å². The Morgan fingerprint density at radius 1 is 0.243 bits per heavy atom. The zero-order chi connectivity index (χ0) is 49.8. The van der Waals surface area contributed by atoms with Crippen molar-refractivity contribution in [2.45, 2.75) is 190 Å². The monoisotopic (exact) mass is 948 g/mol. The molecule has 5 heteroatoms. The van der Waals surface area contributed by atoms with Crippen molar-refractivity contribution in [3.05, 3.63) is 127 Å². The second-order valence-corrected chi connectivity index (χ2v) is 20.1. The van der Waals surface area contributed by atoms with Crippen LogP contribution < -0.4 is 24.5 Å². The van der Waals surface area contributed by atoms with Gasteiger partial charge in [0.15, 0.2) is 0 Å². The highest BCUT2D eigenvalue weighted by atomic mass is 15.2. The van der Waals surface area contributed by atoms with Crippen molar-refractivity contribution in [1.82, 2.24) is 0 Å². The van der Waals surface area contributed by atoms with E-state index in [4.69, 9.17) is 0 Å². The molecule has 0 aliphatic rings. The normalized spacial score (nSPS) is 11.7. The van der Waals surface area contributed by atoms with E-state index in [-0.39, 0.29) is 0 Å². The summed E-state index contributed by atoms with van der Waals surface area (Å²) < 4.78 is 0. The van der Waals surface area contributed by atoms with Crippen molar-refractivity contribution in [1.29, 1.82) is 0 Å². The first-order valence-corrected chi connectivity index (χ1v) is 28.8. The van der Waals surface area contributed by atoms with Crippen molar-refractivity contribution in [2.75, 3.05) is 63.8 Å². The van der Waals surface area contributed by atoms with E-state index in [2.05, 4.69) is 201 Å². The minimum atomic E-state index is 0.621. The van der Waals surface area contributed by atoms with Gasteiger partial charge in [0.2, 0.25) is 0 Å². The fraction of sp³-hybridized carbons (Fsp3) is 0.538. The molecule has 70 heavy (non-hydrogen) atoms. The maximum atomic E-state index is 2.59. The molecule has 1 unspecified atom stereocenters. The summed E-state index contributed by atoms with van der Waals surface area (Å²) in [5, 5.41) is 0. The Morgan fingerprint density at radius 2 is 0.471 bits per heavy atom. The van der Waals surface area contributed by atoms with Gasteiger partial charge in [-0.3, -0.25) is 0 Å². The van der Waals surface area contributed by atoms with Crippen molar-refractivity contribution < 1.29 is 0 Å². The Balaban J connectivity index is 1.57. The predicted molar refractivity (Wildman–Crippen MR) is 313 cm³/mol. The fourth-order valence-corrected chi connectivity index (χ4v) is 9.93. The fourth-order valence-electron chi connectivity index (χ4n) is 9.93. The lowest BCUT2D eigenvalue weighted by Gasteiger charge is -2.30. The smallest absolute Gasteiger partial charge is 0.0463 e. The van der Waals surface area contributed by atoms with Crippen LogP contribution in [-0.2, 0) is 0 Å². The number of nitrogens with zero attached hydrogens (tertiary/aromatic N) is 5. The summed E-state index contributed by atoms with van der Waals surface area (Å²) in [5.74, 6) is 0.621. The third-order valence-electron chi connectivity index (χ3n) is 14.4. The number of benzene rings is 5. The van der Waals surface area contributed by atoms with E-state index in [0.717, 1.165) is 50.6 Å². The highest BCUT2D eigenvalue weighted by Gasteiger charge is 2.20. The third kappa shape index (κ3) is 17.2. The highest BCUT2D eigenvalue weighted by Crippen LogP contribution is 2.41. The lowest BCUT2D eigenvalue weighted by Crippen LogP contribution is -2.25. The van der Waals surface area contributed by atoms with Crippen molar-refractivity contribution >= 4 is 51.2 Å². The van der Waals surface area contributed by atoms with E-state index >= 15 is 0 Å². The Morgan fingerprint density at radius 3 is 0.729 bits per heavy atom. The average Bonchev–Trinajstić information content (AvgIpc) is 3.40. The Bertz CT molecular complexity index is 1990. The second-order valence-electron chi connectivity index (χ2n) is 20.1. The molecule has 0 aromatic heterocycles. The number of rotatable bonds is 36. The van der Waals surface area contributed by atoms with Gasteiger partial charge in [0.1, 0.15) is 0 Å². The molecule has 0 bridgehead atoms. The standard InChI is InChI=1S/C65H97N5/c1-9-17-25-26-28-55(27-18-10-2)56-29-31-60(32-30-56)69(61-39-33-57(34-40-61)66(49-19-11-3)50-20-12-4)64-45-47-65(48-46-64)70(62-41-35-58(36-42-62)67(51-21-13-5)52-22-14-6)63-43-37-59(38-44-63)68(53-23-15-7)54-24-16-8/h29-48,55H,9-28,49-54H2,1-8H3. The topological polar surface area (TPSA) is 16.2 Å². The minimum Gasteiger partial charge on any atom is -0.372 e. The van der Waals surface area contributed by atoms with E-state index in [0.29, 0.717) is 5.92 Å². The van der Waals surface area contributed by atoms with Gasteiger partial charge in [-0.25, -0.2) is 0 Å². The molecule has 0 saturated heterocycles. The van der Waals surface area contributed by atoms with E-state index in [1.165, 1.54) is 174 Å². The molecule has 0 saturated carbocycles. The second kappa shape index (κ2) is 32.1. The molecule has 0 amide bonds. The molecular weight excluding hydrogens is 851 g/mol. The molecule has 5 nitrogen and oxygen atoms in total. The van der Waals surface area contributed by atoms with Crippen molar-refractivity contribution in [3.63, 3.8) is 0 Å². The van der Waals surface area contributed by atoms with E-state index < -0.39 is 0 Å². The van der Waals surface area contributed by atoms with Gasteiger partial charge in [-0.15, -0.1) is 0 Å². The molecule has 0 spiro atoms. The third-order valence-corrected chi connectivity index (χ3v) is 14.4. The lowest BCUT2D eigenvalue weighted by molar-refractivity contribution is 0.509. The van der Waals surface area contributed by atoms with Gasteiger partial charge >= 0.3 is 0 Å². The molecule has 5 aromatic carbocycles. The predicted octanol–water partition coefficient (Wildman–Crippen LogP) is 20.1. The molecule has 0 N–H and O–H groups in total. The molecule has 0 radical (unpaired) electrons. The number of hydrogen-bond acceptors (Lipinski definition) is 5. The maximum Gasteiger partial charge on any atom is 0.0463 e. The molecule has 0 aliphatic heterocycles. The molecule has 0 aliphatic carbocycles.